The first kappa shape index (κ1) is 19.2. The van der Waals surface area contributed by atoms with Gasteiger partial charge >= 0.3 is 12.4 Å². The van der Waals surface area contributed by atoms with Gasteiger partial charge in [0.05, 0.1) is 17.4 Å². The topological polar surface area (TPSA) is 34.6 Å². The van der Waals surface area contributed by atoms with Gasteiger partial charge in [0, 0.05) is 5.25 Å². The van der Waals surface area contributed by atoms with Crippen molar-refractivity contribution >= 4 is 19.0 Å². The smallest absolute Gasteiger partial charge is 0.418 e. The standard InChI is InChI=1S/C10H21N4S.BF4/c1-6-8(3)14-11-10(13(5)12-14)15-9(4)7-2;2-1(3,4)5/h8-9H,6-7H2,1-5H3;/q+1;-1. The number of hydrogen-bond donors (Lipinski definition) is 0. The highest BCUT2D eigenvalue weighted by atomic mass is 32.2. The van der Waals surface area contributed by atoms with E-state index < -0.39 is 7.25 Å². The SMILES string of the molecule is CCC(C)Sc1nn(C(C)CC)n[n+]1C.F[B-](F)(F)F. The van der Waals surface area contributed by atoms with E-state index in [0.717, 1.165) is 18.0 Å². The van der Waals surface area contributed by atoms with Gasteiger partial charge in [0.1, 0.15) is 6.04 Å². The third kappa shape index (κ3) is 8.39. The first-order valence-electron chi connectivity index (χ1n) is 6.45. The molecule has 0 fully saturated rings. The fourth-order valence-electron chi connectivity index (χ4n) is 1.06. The predicted octanol–water partition coefficient (Wildman–Crippen LogP) is 3.26. The molecule has 0 saturated carbocycles. The van der Waals surface area contributed by atoms with Crippen molar-refractivity contribution in [3.63, 3.8) is 0 Å². The summed E-state index contributed by atoms with van der Waals surface area (Å²) in [5.41, 5.74) is 0. The maximum atomic E-state index is 9.75. The molecule has 0 radical (unpaired) electrons. The van der Waals surface area contributed by atoms with Crippen molar-refractivity contribution < 1.29 is 21.9 Å². The Morgan fingerprint density at radius 2 is 1.70 bits per heavy atom. The maximum absolute atomic E-state index is 9.75. The summed E-state index contributed by atoms with van der Waals surface area (Å²) < 4.78 is 40.9. The summed E-state index contributed by atoms with van der Waals surface area (Å²) in [6, 6.07) is 0.377. The van der Waals surface area contributed by atoms with Crippen LogP contribution in [0.5, 0.6) is 0 Å². The van der Waals surface area contributed by atoms with Crippen LogP contribution in [0.4, 0.5) is 17.3 Å². The first-order chi connectivity index (χ1) is 9.08. The summed E-state index contributed by atoms with van der Waals surface area (Å²) in [4.78, 5) is 1.81. The molecular formula is C10H21BF4N4S. The Hall–Kier alpha value is -0.795. The number of rotatable bonds is 5. The molecule has 1 heterocycles. The van der Waals surface area contributed by atoms with E-state index in [1.165, 1.54) is 0 Å². The largest absolute Gasteiger partial charge is 0.673 e. The van der Waals surface area contributed by atoms with Crippen molar-refractivity contribution in [2.75, 3.05) is 0 Å². The first-order valence-corrected chi connectivity index (χ1v) is 7.33. The Bertz CT molecular complexity index is 393. The van der Waals surface area contributed by atoms with Crippen LogP contribution in [0.25, 0.3) is 0 Å². The van der Waals surface area contributed by atoms with Gasteiger partial charge in [-0.25, -0.2) is 0 Å². The van der Waals surface area contributed by atoms with Crippen LogP contribution < -0.4 is 4.68 Å². The van der Waals surface area contributed by atoms with Crippen molar-refractivity contribution in [1.29, 1.82) is 0 Å². The Morgan fingerprint density at radius 1 is 1.20 bits per heavy atom. The molecule has 0 N–H and O–H groups in total. The molecule has 1 aromatic heterocycles. The molecule has 0 aliphatic heterocycles. The number of thioether (sulfide) groups is 1. The van der Waals surface area contributed by atoms with Crippen molar-refractivity contribution in [3.8, 4) is 0 Å². The average molecular weight is 316 g/mol. The fourth-order valence-corrected chi connectivity index (χ4v) is 1.91. The summed E-state index contributed by atoms with van der Waals surface area (Å²) >= 11 is 1.79. The number of tetrazole rings is 1. The zero-order chi connectivity index (χ0) is 15.9. The van der Waals surface area contributed by atoms with Crippen molar-refractivity contribution in [2.45, 2.75) is 57.0 Å². The van der Waals surface area contributed by atoms with Crippen LogP contribution >= 0.6 is 11.8 Å². The minimum absolute atomic E-state index is 0.377. The summed E-state index contributed by atoms with van der Waals surface area (Å²) in [5.74, 6) is 0. The van der Waals surface area contributed by atoms with E-state index in [4.69, 9.17) is 0 Å². The van der Waals surface area contributed by atoms with E-state index >= 15 is 0 Å². The van der Waals surface area contributed by atoms with E-state index in [1.807, 2.05) is 16.5 Å². The highest BCUT2D eigenvalue weighted by Gasteiger charge is 2.22. The highest BCUT2D eigenvalue weighted by molar-refractivity contribution is 7.99. The average Bonchev–Trinajstić information content (AvgIpc) is 2.67. The Morgan fingerprint density at radius 3 is 2.10 bits per heavy atom. The predicted molar refractivity (Wildman–Crippen MR) is 72.0 cm³/mol. The minimum atomic E-state index is -6.00. The zero-order valence-electron chi connectivity index (χ0n) is 12.4. The summed E-state index contributed by atoms with van der Waals surface area (Å²) in [5, 5.41) is 10.5. The van der Waals surface area contributed by atoms with E-state index in [-0.39, 0.29) is 0 Å². The second kappa shape index (κ2) is 8.48. The zero-order valence-corrected chi connectivity index (χ0v) is 13.2. The highest BCUT2D eigenvalue weighted by Crippen LogP contribution is 2.20. The molecule has 10 heteroatoms. The van der Waals surface area contributed by atoms with Crippen LogP contribution in [0.2, 0.25) is 0 Å². The lowest BCUT2D eigenvalue weighted by molar-refractivity contribution is -0.767. The van der Waals surface area contributed by atoms with Gasteiger partial charge < -0.3 is 17.3 Å². The van der Waals surface area contributed by atoms with Gasteiger partial charge in [0.25, 0.3) is 0 Å². The molecule has 0 saturated heterocycles. The molecule has 0 bridgehead atoms. The third-order valence-corrected chi connectivity index (χ3v) is 3.85. The number of aromatic nitrogens is 4. The molecule has 20 heavy (non-hydrogen) atoms. The maximum Gasteiger partial charge on any atom is 0.673 e. The van der Waals surface area contributed by atoms with Gasteiger partial charge in [-0.3, -0.25) is 0 Å². The molecule has 1 aromatic rings. The Balaban J connectivity index is 0.000000621. The van der Waals surface area contributed by atoms with E-state index in [9.17, 15) is 17.3 Å². The summed E-state index contributed by atoms with van der Waals surface area (Å²) in [6.45, 7) is 8.69. The number of aryl methyl sites for hydroxylation is 1. The fraction of sp³-hybridized carbons (Fsp3) is 0.900. The summed E-state index contributed by atoms with van der Waals surface area (Å²) in [7, 11) is -4.05. The van der Waals surface area contributed by atoms with E-state index in [2.05, 4.69) is 38.0 Å². The molecule has 2 atom stereocenters. The number of halogens is 4. The Labute approximate surface area is 121 Å². The molecular weight excluding hydrogens is 295 g/mol. The molecule has 0 aromatic carbocycles. The third-order valence-electron chi connectivity index (χ3n) is 2.56. The lowest BCUT2D eigenvalue weighted by Gasteiger charge is -2.00. The number of nitrogens with zero attached hydrogens (tertiary/aromatic N) is 4. The minimum Gasteiger partial charge on any atom is -0.418 e. The van der Waals surface area contributed by atoms with Gasteiger partial charge in [-0.2, -0.15) is 0 Å². The van der Waals surface area contributed by atoms with Crippen LogP contribution in [0.1, 0.15) is 46.6 Å². The normalized spacial score (nSPS) is 14.4. The van der Waals surface area contributed by atoms with E-state index in [0.29, 0.717) is 11.3 Å². The molecule has 0 amide bonds. The molecule has 0 aliphatic carbocycles. The van der Waals surface area contributed by atoms with Crippen LogP contribution in [-0.2, 0) is 7.05 Å². The molecule has 4 nitrogen and oxygen atoms in total. The second-order valence-electron chi connectivity index (χ2n) is 4.40. The van der Waals surface area contributed by atoms with Crippen LogP contribution in [0.15, 0.2) is 5.16 Å². The molecule has 118 valence electrons. The van der Waals surface area contributed by atoms with Crippen molar-refractivity contribution in [2.24, 2.45) is 7.05 Å². The van der Waals surface area contributed by atoms with Crippen LogP contribution in [-0.4, -0.2) is 27.6 Å². The van der Waals surface area contributed by atoms with Crippen molar-refractivity contribution in [3.05, 3.63) is 0 Å². The quantitative estimate of drug-likeness (QED) is 0.362. The molecule has 1 rings (SSSR count). The van der Waals surface area contributed by atoms with Crippen LogP contribution in [0.3, 0.4) is 0 Å². The second-order valence-corrected chi connectivity index (χ2v) is 5.81. The van der Waals surface area contributed by atoms with Gasteiger partial charge in [-0.15, -0.1) is 4.68 Å². The molecule has 0 spiro atoms. The Kier molecular flexibility index (Phi) is 8.15. The van der Waals surface area contributed by atoms with Crippen molar-refractivity contribution in [1.82, 2.24) is 15.1 Å². The van der Waals surface area contributed by atoms with E-state index in [1.54, 1.807) is 11.8 Å². The summed E-state index contributed by atoms with van der Waals surface area (Å²) in [6.07, 6.45) is 2.21. The van der Waals surface area contributed by atoms with Gasteiger partial charge in [0.15, 0.2) is 0 Å². The molecule has 0 aliphatic rings. The van der Waals surface area contributed by atoms with Gasteiger partial charge in [-0.1, -0.05) is 20.8 Å². The van der Waals surface area contributed by atoms with Gasteiger partial charge in [0.2, 0.25) is 0 Å². The monoisotopic (exact) mass is 316 g/mol. The number of hydrogen-bond acceptors (Lipinski definition) is 3. The van der Waals surface area contributed by atoms with Gasteiger partial charge in [-0.05, 0) is 36.3 Å². The van der Waals surface area contributed by atoms with Crippen LogP contribution in [0, 0.1) is 0 Å². The molecule has 2 unspecified atom stereocenters. The lowest BCUT2D eigenvalue weighted by Crippen LogP contribution is -2.34. The lowest BCUT2D eigenvalue weighted by atomic mass is 10.3.